The topological polar surface area (TPSA) is 37.3 Å². The summed E-state index contributed by atoms with van der Waals surface area (Å²) in [6.45, 7) is 1.80. The van der Waals surface area contributed by atoms with E-state index in [1.807, 2.05) is 24.3 Å². The third-order valence-electron chi connectivity index (χ3n) is 2.65. The fourth-order valence-corrected chi connectivity index (χ4v) is 2.04. The summed E-state index contributed by atoms with van der Waals surface area (Å²) in [5.74, 6) is -0.0756. The van der Waals surface area contributed by atoms with Gasteiger partial charge in [0.05, 0.1) is 5.56 Å². The molecule has 2 rings (SSSR count). The number of halogens is 1. The highest BCUT2D eigenvalue weighted by Gasteiger charge is 2.15. The van der Waals surface area contributed by atoms with Crippen molar-refractivity contribution in [1.82, 2.24) is 0 Å². The summed E-state index contributed by atoms with van der Waals surface area (Å²) in [4.78, 5) is 12.2. The number of carbonyl (C=O) groups is 1. The normalized spacial score (nSPS) is 10.2. The molecular weight excluding hydrogens is 327 g/mol. The lowest BCUT2D eigenvalue weighted by Crippen LogP contribution is -2.02. The van der Waals surface area contributed by atoms with Crippen LogP contribution in [0.15, 0.2) is 42.5 Å². The third kappa shape index (κ3) is 2.34. The maximum atomic E-state index is 12.2. The first-order chi connectivity index (χ1) is 8.11. The van der Waals surface area contributed by atoms with Crippen molar-refractivity contribution in [3.63, 3.8) is 0 Å². The van der Waals surface area contributed by atoms with Gasteiger partial charge >= 0.3 is 0 Å². The minimum Gasteiger partial charge on any atom is -0.507 e. The summed E-state index contributed by atoms with van der Waals surface area (Å²) in [5, 5.41) is 9.98. The summed E-state index contributed by atoms with van der Waals surface area (Å²) >= 11 is 2.13. The van der Waals surface area contributed by atoms with E-state index in [0.717, 1.165) is 9.13 Å². The van der Waals surface area contributed by atoms with E-state index in [2.05, 4.69) is 22.6 Å². The van der Waals surface area contributed by atoms with E-state index >= 15 is 0 Å². The number of phenols is 1. The van der Waals surface area contributed by atoms with Gasteiger partial charge in [-0.15, -0.1) is 0 Å². The van der Waals surface area contributed by atoms with Crippen molar-refractivity contribution < 1.29 is 9.90 Å². The molecule has 0 spiro atoms. The Labute approximate surface area is 113 Å². The smallest absolute Gasteiger partial charge is 0.196 e. The first kappa shape index (κ1) is 12.1. The van der Waals surface area contributed by atoms with Gasteiger partial charge < -0.3 is 5.11 Å². The van der Waals surface area contributed by atoms with Gasteiger partial charge in [-0.1, -0.05) is 30.3 Å². The Balaban J connectivity index is 2.49. The molecule has 2 aromatic rings. The van der Waals surface area contributed by atoms with Crippen LogP contribution < -0.4 is 0 Å². The van der Waals surface area contributed by atoms with Gasteiger partial charge in [-0.05, 0) is 41.6 Å². The first-order valence-electron chi connectivity index (χ1n) is 5.19. The Morgan fingerprint density at radius 2 is 1.76 bits per heavy atom. The Bertz CT molecular complexity index is 562. The van der Waals surface area contributed by atoms with Gasteiger partial charge in [-0.2, -0.15) is 0 Å². The molecule has 17 heavy (non-hydrogen) atoms. The standard InChI is InChI=1S/C14H11IO2/c1-9-12(15)8-7-11(13(9)16)14(17)10-5-3-2-4-6-10/h2-8,16H,1H3. The minimum absolute atomic E-state index is 0.0748. The molecule has 0 aliphatic rings. The number of aromatic hydroxyl groups is 1. The van der Waals surface area contributed by atoms with Gasteiger partial charge in [0.25, 0.3) is 0 Å². The molecule has 3 heteroatoms. The quantitative estimate of drug-likeness (QED) is 0.672. The van der Waals surface area contributed by atoms with E-state index in [1.54, 1.807) is 25.1 Å². The highest BCUT2D eigenvalue weighted by atomic mass is 127. The van der Waals surface area contributed by atoms with E-state index in [-0.39, 0.29) is 11.5 Å². The second-order valence-electron chi connectivity index (χ2n) is 3.76. The highest BCUT2D eigenvalue weighted by Crippen LogP contribution is 2.28. The largest absolute Gasteiger partial charge is 0.507 e. The molecule has 2 nitrogen and oxygen atoms in total. The maximum Gasteiger partial charge on any atom is 0.196 e. The summed E-state index contributed by atoms with van der Waals surface area (Å²) in [5.41, 5.74) is 1.69. The molecule has 2 aromatic carbocycles. The molecule has 0 amide bonds. The fraction of sp³-hybridized carbons (Fsp3) is 0.0714. The number of benzene rings is 2. The van der Waals surface area contributed by atoms with Crippen molar-refractivity contribution in [2.24, 2.45) is 0 Å². The zero-order chi connectivity index (χ0) is 12.4. The van der Waals surface area contributed by atoms with Gasteiger partial charge in [0.15, 0.2) is 5.78 Å². The van der Waals surface area contributed by atoms with Crippen LogP contribution in [0.5, 0.6) is 5.75 Å². The Morgan fingerprint density at radius 3 is 2.41 bits per heavy atom. The number of carbonyl (C=O) groups excluding carboxylic acids is 1. The molecule has 0 aliphatic carbocycles. The molecule has 0 saturated heterocycles. The second kappa shape index (κ2) is 4.87. The van der Waals surface area contributed by atoms with E-state index in [4.69, 9.17) is 0 Å². The van der Waals surface area contributed by atoms with Crippen molar-refractivity contribution in [2.45, 2.75) is 6.92 Å². The molecule has 0 bridgehead atoms. The van der Waals surface area contributed by atoms with Crippen LogP contribution in [0, 0.1) is 10.5 Å². The molecule has 0 atom stereocenters. The van der Waals surface area contributed by atoms with Crippen molar-refractivity contribution in [3.05, 3.63) is 62.7 Å². The fourth-order valence-electron chi connectivity index (χ4n) is 1.60. The summed E-state index contributed by atoms with van der Waals surface area (Å²) in [6.07, 6.45) is 0. The van der Waals surface area contributed by atoms with E-state index in [1.165, 1.54) is 0 Å². The first-order valence-corrected chi connectivity index (χ1v) is 6.27. The van der Waals surface area contributed by atoms with Crippen LogP contribution in [0.1, 0.15) is 21.5 Å². The van der Waals surface area contributed by atoms with Gasteiger partial charge in [-0.3, -0.25) is 4.79 Å². The molecule has 0 fully saturated rings. The molecule has 86 valence electrons. The summed E-state index contributed by atoms with van der Waals surface area (Å²) < 4.78 is 0.949. The van der Waals surface area contributed by atoms with Crippen LogP contribution in [0.4, 0.5) is 0 Å². The van der Waals surface area contributed by atoms with Crippen molar-refractivity contribution in [1.29, 1.82) is 0 Å². The molecule has 0 saturated carbocycles. The van der Waals surface area contributed by atoms with Gasteiger partial charge in [0.2, 0.25) is 0 Å². The molecule has 0 radical (unpaired) electrons. The monoisotopic (exact) mass is 338 g/mol. The van der Waals surface area contributed by atoms with Crippen LogP contribution in [-0.4, -0.2) is 10.9 Å². The summed E-state index contributed by atoms with van der Waals surface area (Å²) in [7, 11) is 0. The highest BCUT2D eigenvalue weighted by molar-refractivity contribution is 14.1. The van der Waals surface area contributed by atoms with Gasteiger partial charge in [0, 0.05) is 14.7 Å². The lowest BCUT2D eigenvalue weighted by Gasteiger charge is -2.08. The zero-order valence-electron chi connectivity index (χ0n) is 9.27. The predicted molar refractivity (Wildman–Crippen MR) is 75.4 cm³/mol. The van der Waals surface area contributed by atoms with Crippen molar-refractivity contribution in [2.75, 3.05) is 0 Å². The predicted octanol–water partition coefficient (Wildman–Crippen LogP) is 3.54. The Hall–Kier alpha value is -1.36. The lowest BCUT2D eigenvalue weighted by atomic mass is 10.0. The average molecular weight is 338 g/mol. The molecule has 0 aromatic heterocycles. The molecule has 0 aliphatic heterocycles. The van der Waals surface area contributed by atoms with E-state index in [0.29, 0.717) is 11.1 Å². The number of rotatable bonds is 2. The van der Waals surface area contributed by atoms with Crippen molar-refractivity contribution >= 4 is 28.4 Å². The van der Waals surface area contributed by atoms with Gasteiger partial charge in [-0.25, -0.2) is 0 Å². The number of ketones is 1. The minimum atomic E-state index is -0.150. The molecule has 0 heterocycles. The van der Waals surface area contributed by atoms with Crippen LogP contribution in [-0.2, 0) is 0 Å². The third-order valence-corrected chi connectivity index (χ3v) is 3.81. The van der Waals surface area contributed by atoms with Crippen molar-refractivity contribution in [3.8, 4) is 5.75 Å². The molecular formula is C14H11IO2. The van der Waals surface area contributed by atoms with E-state index < -0.39 is 0 Å². The lowest BCUT2D eigenvalue weighted by molar-refractivity contribution is 0.103. The van der Waals surface area contributed by atoms with Crippen LogP contribution in [0.2, 0.25) is 0 Å². The number of hydrogen-bond acceptors (Lipinski definition) is 2. The molecule has 1 N–H and O–H groups in total. The Kier molecular flexibility index (Phi) is 3.47. The second-order valence-corrected chi connectivity index (χ2v) is 4.93. The summed E-state index contributed by atoms with van der Waals surface area (Å²) in [6, 6.07) is 12.5. The Morgan fingerprint density at radius 1 is 1.12 bits per heavy atom. The average Bonchev–Trinajstić information content (AvgIpc) is 2.36. The number of hydrogen-bond donors (Lipinski definition) is 1. The van der Waals surface area contributed by atoms with Crippen LogP contribution in [0.25, 0.3) is 0 Å². The number of phenolic OH excluding ortho intramolecular Hbond substituents is 1. The van der Waals surface area contributed by atoms with Gasteiger partial charge in [0.1, 0.15) is 5.75 Å². The van der Waals surface area contributed by atoms with Crippen LogP contribution in [0.3, 0.4) is 0 Å². The maximum absolute atomic E-state index is 12.2. The zero-order valence-corrected chi connectivity index (χ0v) is 11.4. The van der Waals surface area contributed by atoms with E-state index in [9.17, 15) is 9.90 Å². The molecule has 0 unspecified atom stereocenters. The van der Waals surface area contributed by atoms with Crippen LogP contribution >= 0.6 is 22.6 Å². The SMILES string of the molecule is Cc1c(I)ccc(C(=O)c2ccccc2)c1O.